The molecule has 1 aliphatic rings. The minimum Gasteiger partial charge on any atom is -0.495 e. The fourth-order valence-electron chi connectivity index (χ4n) is 4.54. The first-order chi connectivity index (χ1) is 17.9. The van der Waals surface area contributed by atoms with Crippen LogP contribution in [0, 0.1) is 0 Å². The Balaban J connectivity index is 1.13. The molecule has 0 amide bonds. The topological polar surface area (TPSA) is 88.9 Å². The van der Waals surface area contributed by atoms with Crippen molar-refractivity contribution in [2.24, 2.45) is 7.05 Å². The van der Waals surface area contributed by atoms with E-state index in [0.29, 0.717) is 17.8 Å². The summed E-state index contributed by atoms with van der Waals surface area (Å²) in [6.07, 6.45) is 3.65. The summed E-state index contributed by atoms with van der Waals surface area (Å²) in [4.78, 5) is 13.0. The molecule has 0 bridgehead atoms. The summed E-state index contributed by atoms with van der Waals surface area (Å²) < 4.78 is 36.1. The summed E-state index contributed by atoms with van der Waals surface area (Å²) in [5.74, 6) is 0.809. The molecule has 194 valence electrons. The van der Waals surface area contributed by atoms with E-state index in [0.717, 1.165) is 55.1 Å². The Morgan fingerprint density at radius 3 is 2.51 bits per heavy atom. The predicted octanol–water partition coefficient (Wildman–Crippen LogP) is 3.63. The van der Waals surface area contributed by atoms with Crippen molar-refractivity contribution in [2.45, 2.75) is 18.0 Å². The van der Waals surface area contributed by atoms with Crippen LogP contribution in [0.5, 0.6) is 5.75 Å². The standard InChI is InChI=1S/C27H31N5O4S/c1-30-14-12-22-5-3-7-26(27(22)30)37(33,34)29-23-10-8-21(9-11-23)20-36-32-17-15-31(16-18-32)19-24-25(35-2)6-4-13-28-24/h3-14,29H,15-20H2,1-2H3. The third-order valence-corrected chi connectivity index (χ3v) is 7.96. The number of pyridine rings is 1. The zero-order chi connectivity index (χ0) is 25.8. The van der Waals surface area contributed by atoms with Gasteiger partial charge in [-0.05, 0) is 42.0 Å². The van der Waals surface area contributed by atoms with E-state index >= 15 is 0 Å². The van der Waals surface area contributed by atoms with Crippen molar-refractivity contribution in [3.63, 3.8) is 0 Å². The molecular formula is C27H31N5O4S. The second-order valence-electron chi connectivity index (χ2n) is 9.05. The van der Waals surface area contributed by atoms with Gasteiger partial charge in [-0.15, -0.1) is 0 Å². The van der Waals surface area contributed by atoms with Gasteiger partial charge in [0.1, 0.15) is 10.6 Å². The average molecular weight is 522 g/mol. The molecular weight excluding hydrogens is 490 g/mol. The molecule has 0 saturated carbocycles. The highest BCUT2D eigenvalue weighted by Gasteiger charge is 2.21. The van der Waals surface area contributed by atoms with E-state index < -0.39 is 10.0 Å². The number of sulfonamides is 1. The highest BCUT2D eigenvalue weighted by Crippen LogP contribution is 2.26. The second kappa shape index (κ2) is 10.9. The minimum absolute atomic E-state index is 0.255. The Bertz CT molecular complexity index is 1460. The number of nitrogens with zero attached hydrogens (tertiary/aromatic N) is 4. The van der Waals surface area contributed by atoms with Crippen LogP contribution in [0.4, 0.5) is 5.69 Å². The van der Waals surface area contributed by atoms with Gasteiger partial charge < -0.3 is 9.30 Å². The molecule has 0 radical (unpaired) electrons. The summed E-state index contributed by atoms with van der Waals surface area (Å²) in [6.45, 7) is 4.48. The van der Waals surface area contributed by atoms with Crippen LogP contribution in [0.2, 0.25) is 0 Å². The van der Waals surface area contributed by atoms with Crippen LogP contribution >= 0.6 is 0 Å². The molecule has 2 aromatic carbocycles. The fourth-order valence-corrected chi connectivity index (χ4v) is 5.87. The van der Waals surface area contributed by atoms with Gasteiger partial charge in [0.15, 0.2) is 0 Å². The number of para-hydroxylation sites is 1. The van der Waals surface area contributed by atoms with Crippen LogP contribution in [0.1, 0.15) is 11.3 Å². The maximum Gasteiger partial charge on any atom is 0.263 e. The minimum atomic E-state index is -3.73. The quantitative estimate of drug-likeness (QED) is 0.360. The number of nitrogens with one attached hydrogen (secondary N) is 1. The molecule has 0 unspecified atom stereocenters. The zero-order valence-corrected chi connectivity index (χ0v) is 21.8. The number of aryl methyl sites for hydroxylation is 1. The van der Waals surface area contributed by atoms with Gasteiger partial charge in [-0.25, -0.2) is 8.42 Å². The van der Waals surface area contributed by atoms with Crippen LogP contribution in [-0.2, 0) is 35.1 Å². The molecule has 37 heavy (non-hydrogen) atoms. The van der Waals surface area contributed by atoms with Gasteiger partial charge in [-0.1, -0.05) is 24.3 Å². The highest BCUT2D eigenvalue weighted by atomic mass is 32.2. The molecule has 0 atom stereocenters. The van der Waals surface area contributed by atoms with Gasteiger partial charge >= 0.3 is 0 Å². The summed E-state index contributed by atoms with van der Waals surface area (Å²) in [7, 11) is -0.228. The number of anilines is 1. The van der Waals surface area contributed by atoms with Gasteiger partial charge in [-0.2, -0.15) is 5.06 Å². The molecule has 1 N–H and O–H groups in total. The molecule has 10 heteroatoms. The van der Waals surface area contributed by atoms with E-state index in [4.69, 9.17) is 9.57 Å². The number of hydroxylamine groups is 2. The number of hydrogen-bond acceptors (Lipinski definition) is 7. The van der Waals surface area contributed by atoms with Crippen molar-refractivity contribution < 1.29 is 18.0 Å². The number of aromatic nitrogens is 2. The normalized spacial score (nSPS) is 15.2. The third kappa shape index (κ3) is 5.78. The van der Waals surface area contributed by atoms with E-state index in [9.17, 15) is 8.42 Å². The molecule has 9 nitrogen and oxygen atoms in total. The predicted molar refractivity (Wildman–Crippen MR) is 143 cm³/mol. The van der Waals surface area contributed by atoms with Crippen LogP contribution in [0.3, 0.4) is 0 Å². The average Bonchev–Trinajstić information content (AvgIpc) is 3.30. The van der Waals surface area contributed by atoms with E-state index in [2.05, 4.69) is 14.6 Å². The molecule has 1 saturated heterocycles. The second-order valence-corrected chi connectivity index (χ2v) is 10.7. The van der Waals surface area contributed by atoms with Crippen molar-refractivity contribution in [2.75, 3.05) is 38.0 Å². The van der Waals surface area contributed by atoms with E-state index in [-0.39, 0.29) is 4.90 Å². The van der Waals surface area contributed by atoms with Crippen molar-refractivity contribution in [3.8, 4) is 5.75 Å². The summed E-state index contributed by atoms with van der Waals surface area (Å²) in [6, 6.07) is 18.3. The molecule has 4 aromatic rings. The van der Waals surface area contributed by atoms with Crippen molar-refractivity contribution >= 4 is 26.6 Å². The Labute approximate surface area is 217 Å². The summed E-state index contributed by atoms with van der Waals surface area (Å²) >= 11 is 0. The number of hydrogen-bond donors (Lipinski definition) is 1. The van der Waals surface area contributed by atoms with Crippen LogP contribution in [-0.4, -0.2) is 61.2 Å². The lowest BCUT2D eigenvalue weighted by Gasteiger charge is -2.33. The molecule has 5 rings (SSSR count). The Morgan fingerprint density at radius 2 is 1.76 bits per heavy atom. The third-order valence-electron chi connectivity index (χ3n) is 6.54. The van der Waals surface area contributed by atoms with Crippen LogP contribution < -0.4 is 9.46 Å². The van der Waals surface area contributed by atoms with E-state index in [1.807, 2.05) is 59.3 Å². The largest absolute Gasteiger partial charge is 0.495 e. The van der Waals surface area contributed by atoms with Gasteiger partial charge in [0, 0.05) is 63.2 Å². The number of methoxy groups -OCH3 is 1. The van der Waals surface area contributed by atoms with E-state index in [1.54, 1.807) is 37.6 Å². The fraction of sp³-hybridized carbons (Fsp3) is 0.296. The Hall–Kier alpha value is -3.44. The molecule has 1 aliphatic heterocycles. The SMILES string of the molecule is COc1cccnc1CN1CCN(OCc2ccc(NS(=O)(=O)c3cccc4ccn(C)c34)cc2)CC1. The monoisotopic (exact) mass is 521 g/mol. The van der Waals surface area contributed by atoms with Crippen molar-refractivity contribution in [3.05, 3.63) is 84.3 Å². The smallest absolute Gasteiger partial charge is 0.263 e. The van der Waals surface area contributed by atoms with Gasteiger partial charge in [0.05, 0.1) is 24.9 Å². The van der Waals surface area contributed by atoms with Crippen LogP contribution in [0.25, 0.3) is 10.9 Å². The molecule has 3 heterocycles. The Morgan fingerprint density at radius 1 is 0.973 bits per heavy atom. The number of benzene rings is 2. The first-order valence-corrected chi connectivity index (χ1v) is 13.7. The molecule has 1 fully saturated rings. The zero-order valence-electron chi connectivity index (χ0n) is 21.0. The first-order valence-electron chi connectivity index (χ1n) is 12.2. The number of ether oxygens (including phenoxy) is 1. The molecule has 2 aromatic heterocycles. The van der Waals surface area contributed by atoms with Gasteiger partial charge in [0.2, 0.25) is 0 Å². The summed E-state index contributed by atoms with van der Waals surface area (Å²) in [5.41, 5.74) is 3.09. The lowest BCUT2D eigenvalue weighted by Crippen LogP contribution is -2.45. The van der Waals surface area contributed by atoms with Crippen molar-refractivity contribution in [1.82, 2.24) is 19.5 Å². The summed E-state index contributed by atoms with van der Waals surface area (Å²) in [5, 5.41) is 2.86. The number of rotatable bonds is 9. The van der Waals surface area contributed by atoms with E-state index in [1.165, 1.54) is 0 Å². The molecule has 0 aliphatic carbocycles. The van der Waals surface area contributed by atoms with Crippen LogP contribution in [0.15, 0.2) is 78.0 Å². The lowest BCUT2D eigenvalue weighted by molar-refractivity contribution is -0.187. The lowest BCUT2D eigenvalue weighted by atomic mass is 10.2. The first kappa shape index (κ1) is 25.2. The van der Waals surface area contributed by atoms with Gasteiger partial charge in [0.25, 0.3) is 10.0 Å². The highest BCUT2D eigenvalue weighted by molar-refractivity contribution is 7.93. The van der Waals surface area contributed by atoms with Crippen molar-refractivity contribution in [1.29, 1.82) is 0 Å². The molecule has 0 spiro atoms. The maximum atomic E-state index is 13.1. The number of fused-ring (bicyclic) bond motifs is 1. The Kier molecular flexibility index (Phi) is 7.43. The maximum absolute atomic E-state index is 13.1. The van der Waals surface area contributed by atoms with Gasteiger partial charge in [-0.3, -0.25) is 19.4 Å². The number of piperazine rings is 1.